The zero-order valence-electron chi connectivity index (χ0n) is 15.5. The van der Waals surface area contributed by atoms with Crippen LogP contribution in [0.5, 0.6) is 0 Å². The van der Waals surface area contributed by atoms with Crippen LogP contribution in [0.1, 0.15) is 27.3 Å². The van der Waals surface area contributed by atoms with Gasteiger partial charge in [-0.15, -0.1) is 0 Å². The number of carboxylic acid groups (broad SMARTS) is 1. The summed E-state index contributed by atoms with van der Waals surface area (Å²) in [5, 5.41) is 18.0. The molecule has 2 aromatic carbocycles. The molecule has 0 spiro atoms. The summed E-state index contributed by atoms with van der Waals surface area (Å²) in [6.45, 7) is 1.76. The van der Waals surface area contributed by atoms with Crippen LogP contribution >= 0.6 is 28.1 Å². The van der Waals surface area contributed by atoms with Crippen molar-refractivity contribution >= 4 is 39.2 Å². The second-order valence-corrected chi connectivity index (χ2v) is 8.09. The molecule has 2 heterocycles. The van der Waals surface area contributed by atoms with Crippen molar-refractivity contribution in [3.63, 3.8) is 0 Å². The molecule has 29 heavy (non-hydrogen) atoms. The number of thiocarbonyl (C=S) groups is 1. The maximum Gasteiger partial charge on any atom is 0.356 e. The van der Waals surface area contributed by atoms with Crippen LogP contribution in [0.3, 0.4) is 0 Å². The topological polar surface area (TPSA) is 70.4 Å². The molecule has 0 unspecified atom stereocenters. The number of benzene rings is 2. The highest BCUT2D eigenvalue weighted by Crippen LogP contribution is 2.26. The lowest BCUT2D eigenvalue weighted by atomic mass is 10.1. The van der Waals surface area contributed by atoms with E-state index >= 15 is 0 Å². The molecule has 3 aromatic rings. The van der Waals surface area contributed by atoms with Gasteiger partial charge >= 0.3 is 5.97 Å². The fraction of sp³-hybridized carbons (Fsp3) is 0.190. The molecule has 4 rings (SSSR count). The van der Waals surface area contributed by atoms with Crippen molar-refractivity contribution in [2.45, 2.75) is 19.5 Å². The number of carboxylic acids is 1. The van der Waals surface area contributed by atoms with E-state index in [9.17, 15) is 9.90 Å². The summed E-state index contributed by atoms with van der Waals surface area (Å²) >= 11 is 8.99. The first-order valence-corrected chi connectivity index (χ1v) is 10.4. The third-order valence-corrected chi connectivity index (χ3v) is 5.84. The van der Waals surface area contributed by atoms with Gasteiger partial charge in [0.15, 0.2) is 10.8 Å². The Labute approximate surface area is 182 Å². The van der Waals surface area contributed by atoms with Crippen molar-refractivity contribution in [3.05, 3.63) is 81.6 Å². The van der Waals surface area contributed by atoms with Crippen molar-refractivity contribution in [2.75, 3.05) is 6.54 Å². The Kier molecular flexibility index (Phi) is 5.64. The predicted molar refractivity (Wildman–Crippen MR) is 118 cm³/mol. The number of nitrogens with zero attached hydrogens (tertiary/aromatic N) is 3. The van der Waals surface area contributed by atoms with Gasteiger partial charge in [0.25, 0.3) is 0 Å². The number of aromatic carboxylic acids is 1. The number of rotatable bonds is 4. The van der Waals surface area contributed by atoms with Crippen LogP contribution in [0.25, 0.3) is 5.69 Å². The number of fused-ring (bicyclic) bond motifs is 1. The normalized spacial score (nSPS) is 13.1. The number of aromatic nitrogens is 2. The molecule has 0 aliphatic carbocycles. The van der Waals surface area contributed by atoms with Crippen LogP contribution in [0.15, 0.2) is 59.1 Å². The van der Waals surface area contributed by atoms with Gasteiger partial charge < -0.3 is 15.3 Å². The second kappa shape index (κ2) is 8.34. The molecule has 1 aliphatic heterocycles. The van der Waals surface area contributed by atoms with Crippen molar-refractivity contribution in [3.8, 4) is 5.69 Å². The van der Waals surface area contributed by atoms with Crippen LogP contribution in [0, 0.1) is 0 Å². The molecule has 1 aromatic heterocycles. The van der Waals surface area contributed by atoms with Crippen molar-refractivity contribution in [1.82, 2.24) is 20.0 Å². The van der Waals surface area contributed by atoms with Crippen molar-refractivity contribution in [1.29, 1.82) is 0 Å². The molecule has 0 saturated carbocycles. The molecule has 0 bridgehead atoms. The van der Waals surface area contributed by atoms with Gasteiger partial charge in [0, 0.05) is 36.1 Å². The van der Waals surface area contributed by atoms with Gasteiger partial charge in [-0.25, -0.2) is 9.48 Å². The highest BCUT2D eigenvalue weighted by Gasteiger charge is 2.29. The summed E-state index contributed by atoms with van der Waals surface area (Å²) in [5.41, 5.74) is 3.71. The van der Waals surface area contributed by atoms with Gasteiger partial charge in [-0.1, -0.05) is 46.3 Å². The monoisotopic (exact) mass is 470 g/mol. The molecular weight excluding hydrogens is 452 g/mol. The van der Waals surface area contributed by atoms with Gasteiger partial charge in [0.1, 0.15) is 0 Å². The highest BCUT2D eigenvalue weighted by molar-refractivity contribution is 9.10. The first kappa shape index (κ1) is 19.6. The highest BCUT2D eigenvalue weighted by atomic mass is 79.9. The van der Waals surface area contributed by atoms with E-state index < -0.39 is 5.97 Å². The second-order valence-electron chi connectivity index (χ2n) is 6.78. The minimum Gasteiger partial charge on any atom is -0.476 e. The number of carbonyl (C=O) groups is 1. The molecule has 8 heteroatoms. The van der Waals surface area contributed by atoms with Crippen LogP contribution in [-0.2, 0) is 19.5 Å². The summed E-state index contributed by atoms with van der Waals surface area (Å²) in [7, 11) is 0. The Hall–Kier alpha value is -2.71. The van der Waals surface area contributed by atoms with Crippen LogP contribution in [-0.4, -0.2) is 37.4 Å². The van der Waals surface area contributed by atoms with E-state index in [4.69, 9.17) is 12.2 Å². The zero-order valence-corrected chi connectivity index (χ0v) is 17.9. The molecular formula is C21H19BrN4O2S. The molecule has 0 fully saturated rings. The number of halogens is 1. The SMILES string of the molecule is O=C(O)c1nn(-c2ccc(Br)cc2)c2c1CN(C(=S)NCc1ccccc1)CC2. The van der Waals surface area contributed by atoms with E-state index in [-0.39, 0.29) is 5.69 Å². The largest absolute Gasteiger partial charge is 0.476 e. The molecule has 0 amide bonds. The maximum atomic E-state index is 11.8. The van der Waals surface area contributed by atoms with E-state index in [0.29, 0.717) is 31.2 Å². The molecule has 6 nitrogen and oxygen atoms in total. The van der Waals surface area contributed by atoms with Crippen molar-refractivity contribution < 1.29 is 9.90 Å². The lowest BCUT2D eigenvalue weighted by Gasteiger charge is -2.30. The quantitative estimate of drug-likeness (QED) is 0.565. The van der Waals surface area contributed by atoms with Gasteiger partial charge in [-0.3, -0.25) is 0 Å². The zero-order chi connectivity index (χ0) is 20.4. The fourth-order valence-electron chi connectivity index (χ4n) is 3.45. The summed E-state index contributed by atoms with van der Waals surface area (Å²) in [4.78, 5) is 13.8. The van der Waals surface area contributed by atoms with Gasteiger partial charge in [-0.05, 0) is 42.0 Å². The third kappa shape index (κ3) is 4.18. The fourth-order valence-corrected chi connectivity index (χ4v) is 3.94. The summed E-state index contributed by atoms with van der Waals surface area (Å²) in [5.74, 6) is -1.03. The minimum atomic E-state index is -1.03. The number of nitrogens with one attached hydrogen (secondary N) is 1. The molecule has 148 valence electrons. The smallest absolute Gasteiger partial charge is 0.356 e. The maximum absolute atomic E-state index is 11.8. The Morgan fingerprint density at radius 1 is 1.17 bits per heavy atom. The van der Waals surface area contributed by atoms with Gasteiger partial charge in [0.2, 0.25) is 0 Å². The van der Waals surface area contributed by atoms with E-state index in [2.05, 4.69) is 26.3 Å². The van der Waals surface area contributed by atoms with Gasteiger partial charge in [-0.2, -0.15) is 5.10 Å². The van der Waals surface area contributed by atoms with E-state index in [1.807, 2.05) is 59.5 Å². The standard InChI is InChI=1S/C21H19BrN4O2S/c22-15-6-8-16(9-7-15)26-18-10-11-25(13-17(18)19(24-26)20(27)28)21(29)23-12-14-4-2-1-3-5-14/h1-9H,10-13H2,(H,23,29)(H,27,28). The first-order valence-electron chi connectivity index (χ1n) is 9.19. The Morgan fingerprint density at radius 2 is 1.90 bits per heavy atom. The van der Waals surface area contributed by atoms with E-state index in [0.717, 1.165) is 27.0 Å². The van der Waals surface area contributed by atoms with Crippen molar-refractivity contribution in [2.24, 2.45) is 0 Å². The predicted octanol–water partition coefficient (Wildman–Crippen LogP) is 3.77. The van der Waals surface area contributed by atoms with Gasteiger partial charge in [0.05, 0.1) is 11.4 Å². The lowest BCUT2D eigenvalue weighted by molar-refractivity contribution is 0.0688. The van der Waals surface area contributed by atoms with E-state index in [1.54, 1.807) is 4.68 Å². The van der Waals surface area contributed by atoms with Crippen LogP contribution in [0.2, 0.25) is 0 Å². The van der Waals surface area contributed by atoms with E-state index in [1.165, 1.54) is 0 Å². The Balaban J connectivity index is 1.56. The molecule has 0 atom stereocenters. The lowest BCUT2D eigenvalue weighted by Crippen LogP contribution is -2.42. The summed E-state index contributed by atoms with van der Waals surface area (Å²) in [6, 6.07) is 17.7. The summed E-state index contributed by atoms with van der Waals surface area (Å²) < 4.78 is 2.70. The average molecular weight is 471 g/mol. The summed E-state index contributed by atoms with van der Waals surface area (Å²) in [6.07, 6.45) is 0.666. The molecule has 2 N–H and O–H groups in total. The first-order chi connectivity index (χ1) is 14.0. The Morgan fingerprint density at radius 3 is 2.59 bits per heavy atom. The third-order valence-electron chi connectivity index (χ3n) is 4.90. The van der Waals surface area contributed by atoms with Crippen LogP contribution in [0.4, 0.5) is 0 Å². The molecule has 0 saturated heterocycles. The average Bonchev–Trinajstić information content (AvgIpc) is 3.12. The molecule has 1 aliphatic rings. The molecule has 0 radical (unpaired) electrons. The number of hydrogen-bond acceptors (Lipinski definition) is 3. The van der Waals surface area contributed by atoms with Crippen LogP contribution < -0.4 is 5.32 Å². The minimum absolute atomic E-state index is 0.0819. The Bertz CT molecular complexity index is 1050. The number of hydrogen-bond donors (Lipinski definition) is 2.